The molecule has 0 aromatic heterocycles. The molecule has 0 spiro atoms. The monoisotopic (exact) mass is 278 g/mol. The second-order valence-corrected chi connectivity index (χ2v) is 5.89. The van der Waals surface area contributed by atoms with Gasteiger partial charge in [-0.1, -0.05) is 67.8 Å². The topological polar surface area (TPSA) is 20.2 Å². The van der Waals surface area contributed by atoms with Crippen LogP contribution in [-0.4, -0.2) is 5.11 Å². The number of aromatic hydroxyl groups is 1. The lowest BCUT2D eigenvalue weighted by atomic mass is 9.80. The minimum Gasteiger partial charge on any atom is -0.508 e. The number of rotatable bonds is 3. The van der Waals surface area contributed by atoms with Gasteiger partial charge in [0.1, 0.15) is 5.75 Å². The Balaban J connectivity index is 1.96. The molecule has 1 saturated carbocycles. The fourth-order valence-electron chi connectivity index (χ4n) is 3.23. The molecule has 0 saturated heterocycles. The van der Waals surface area contributed by atoms with Crippen molar-refractivity contribution < 1.29 is 5.11 Å². The van der Waals surface area contributed by atoms with Crippen LogP contribution in [0.2, 0.25) is 0 Å². The van der Waals surface area contributed by atoms with Crippen molar-refractivity contribution >= 4 is 11.6 Å². The van der Waals surface area contributed by atoms with E-state index in [2.05, 4.69) is 36.4 Å². The molecule has 0 atom stereocenters. The van der Waals surface area contributed by atoms with E-state index in [1.165, 1.54) is 43.2 Å². The third-order valence-electron chi connectivity index (χ3n) is 4.37. The van der Waals surface area contributed by atoms with E-state index in [-0.39, 0.29) is 0 Å². The van der Waals surface area contributed by atoms with Crippen molar-refractivity contribution in [2.24, 2.45) is 5.92 Å². The summed E-state index contributed by atoms with van der Waals surface area (Å²) in [5.74, 6) is 0.987. The highest BCUT2D eigenvalue weighted by molar-refractivity contribution is 5.82. The number of hydrogen-bond donors (Lipinski definition) is 1. The molecule has 1 nitrogen and oxygen atoms in total. The van der Waals surface area contributed by atoms with Crippen molar-refractivity contribution in [1.29, 1.82) is 0 Å². The summed E-state index contributed by atoms with van der Waals surface area (Å²) in [4.78, 5) is 0. The van der Waals surface area contributed by atoms with Crippen molar-refractivity contribution in [1.82, 2.24) is 0 Å². The predicted octanol–water partition coefficient (Wildman–Crippen LogP) is 5.51. The van der Waals surface area contributed by atoms with E-state index in [9.17, 15) is 5.11 Å². The van der Waals surface area contributed by atoms with Gasteiger partial charge in [-0.15, -0.1) is 0 Å². The second kappa shape index (κ2) is 6.62. The molecule has 1 aliphatic carbocycles. The van der Waals surface area contributed by atoms with Gasteiger partial charge in [-0.05, 0) is 47.6 Å². The molecule has 1 heteroatoms. The molecule has 1 fully saturated rings. The molecule has 2 aromatic carbocycles. The van der Waals surface area contributed by atoms with Crippen LogP contribution >= 0.6 is 0 Å². The quantitative estimate of drug-likeness (QED) is 0.734. The summed E-state index contributed by atoms with van der Waals surface area (Å²) in [5.41, 5.74) is 3.94. The van der Waals surface area contributed by atoms with E-state index in [1.807, 2.05) is 12.1 Å². The first-order chi connectivity index (χ1) is 10.3. The Morgan fingerprint density at radius 3 is 2.19 bits per heavy atom. The van der Waals surface area contributed by atoms with Crippen LogP contribution in [0.1, 0.15) is 43.2 Å². The van der Waals surface area contributed by atoms with E-state index in [0.29, 0.717) is 11.7 Å². The van der Waals surface area contributed by atoms with E-state index in [4.69, 9.17) is 0 Å². The summed E-state index contributed by atoms with van der Waals surface area (Å²) in [6, 6.07) is 18.2. The van der Waals surface area contributed by atoms with Crippen molar-refractivity contribution in [2.45, 2.75) is 32.1 Å². The smallest absolute Gasteiger partial charge is 0.115 e. The van der Waals surface area contributed by atoms with Gasteiger partial charge in [0.25, 0.3) is 0 Å². The van der Waals surface area contributed by atoms with Gasteiger partial charge in [0.05, 0.1) is 0 Å². The van der Waals surface area contributed by atoms with Gasteiger partial charge in [0, 0.05) is 0 Å². The second-order valence-electron chi connectivity index (χ2n) is 5.89. The predicted molar refractivity (Wildman–Crippen MR) is 89.0 cm³/mol. The number of phenols is 1. The average molecular weight is 278 g/mol. The lowest BCUT2D eigenvalue weighted by Crippen LogP contribution is -2.08. The lowest BCUT2D eigenvalue weighted by Gasteiger charge is -2.25. The molecule has 21 heavy (non-hydrogen) atoms. The van der Waals surface area contributed by atoms with Gasteiger partial charge in [0.2, 0.25) is 0 Å². The molecule has 0 radical (unpaired) electrons. The highest BCUT2D eigenvalue weighted by atomic mass is 16.3. The SMILES string of the molecule is Oc1ccc(C=C(c2ccccc2)C2CCCCC2)cc1. The summed E-state index contributed by atoms with van der Waals surface area (Å²) in [6.07, 6.45) is 8.93. The van der Waals surface area contributed by atoms with Crippen LogP contribution in [-0.2, 0) is 0 Å². The summed E-state index contributed by atoms with van der Waals surface area (Å²) in [5, 5.41) is 9.44. The summed E-state index contributed by atoms with van der Waals surface area (Å²) < 4.78 is 0. The zero-order valence-electron chi connectivity index (χ0n) is 12.3. The molecular weight excluding hydrogens is 256 g/mol. The number of phenolic OH excluding ortho intramolecular Hbond substituents is 1. The normalized spacial score (nSPS) is 16.9. The number of benzene rings is 2. The van der Waals surface area contributed by atoms with Crippen molar-refractivity contribution in [3.63, 3.8) is 0 Å². The number of hydrogen-bond acceptors (Lipinski definition) is 1. The summed E-state index contributed by atoms with van der Waals surface area (Å²) in [6.45, 7) is 0. The van der Waals surface area contributed by atoms with Gasteiger partial charge in [-0.25, -0.2) is 0 Å². The first-order valence-electron chi connectivity index (χ1n) is 7.89. The maximum atomic E-state index is 9.44. The Labute approximate surface area is 127 Å². The van der Waals surface area contributed by atoms with Crippen molar-refractivity contribution in [3.8, 4) is 5.75 Å². The largest absolute Gasteiger partial charge is 0.508 e. The van der Waals surface area contributed by atoms with Crippen LogP contribution in [0.15, 0.2) is 54.6 Å². The number of allylic oxidation sites excluding steroid dienone is 1. The first-order valence-corrected chi connectivity index (χ1v) is 7.89. The van der Waals surface area contributed by atoms with Gasteiger partial charge in [-0.2, -0.15) is 0 Å². The standard InChI is InChI=1S/C20H22O/c21-19-13-11-16(12-14-19)15-20(17-7-3-1-4-8-17)18-9-5-2-6-10-18/h1,3-4,7-8,11-15,18,21H,2,5-6,9-10H2. The average Bonchev–Trinajstić information content (AvgIpc) is 2.56. The third kappa shape index (κ3) is 3.55. The van der Waals surface area contributed by atoms with Crippen molar-refractivity contribution in [2.75, 3.05) is 0 Å². The van der Waals surface area contributed by atoms with Crippen LogP contribution in [0.4, 0.5) is 0 Å². The van der Waals surface area contributed by atoms with Crippen LogP contribution in [0.3, 0.4) is 0 Å². The minimum absolute atomic E-state index is 0.325. The van der Waals surface area contributed by atoms with Crippen LogP contribution in [0, 0.1) is 5.92 Å². The molecule has 108 valence electrons. The van der Waals surface area contributed by atoms with Gasteiger partial charge in [-0.3, -0.25) is 0 Å². The molecular formula is C20H22O. The maximum absolute atomic E-state index is 9.44. The highest BCUT2D eigenvalue weighted by Gasteiger charge is 2.18. The molecule has 2 aromatic rings. The molecule has 0 unspecified atom stereocenters. The van der Waals surface area contributed by atoms with Crippen molar-refractivity contribution in [3.05, 3.63) is 65.7 Å². The van der Waals surface area contributed by atoms with E-state index in [1.54, 1.807) is 12.1 Å². The van der Waals surface area contributed by atoms with Crippen LogP contribution in [0.25, 0.3) is 11.6 Å². The molecule has 1 aliphatic rings. The molecule has 0 amide bonds. The molecule has 3 rings (SSSR count). The molecule has 0 aliphatic heterocycles. The van der Waals surface area contributed by atoms with Gasteiger partial charge < -0.3 is 5.11 Å². The third-order valence-corrected chi connectivity index (χ3v) is 4.37. The Hall–Kier alpha value is -2.02. The van der Waals surface area contributed by atoms with E-state index < -0.39 is 0 Å². The Morgan fingerprint density at radius 1 is 0.857 bits per heavy atom. The van der Waals surface area contributed by atoms with Gasteiger partial charge >= 0.3 is 0 Å². The highest BCUT2D eigenvalue weighted by Crippen LogP contribution is 2.36. The van der Waals surface area contributed by atoms with Gasteiger partial charge in [0.15, 0.2) is 0 Å². The zero-order valence-corrected chi connectivity index (χ0v) is 12.3. The maximum Gasteiger partial charge on any atom is 0.115 e. The Morgan fingerprint density at radius 2 is 1.52 bits per heavy atom. The molecule has 0 heterocycles. The Bertz CT molecular complexity index is 589. The van der Waals surface area contributed by atoms with Crippen LogP contribution in [0.5, 0.6) is 5.75 Å². The first kappa shape index (κ1) is 13.9. The summed E-state index contributed by atoms with van der Waals surface area (Å²) in [7, 11) is 0. The minimum atomic E-state index is 0.325. The summed E-state index contributed by atoms with van der Waals surface area (Å²) >= 11 is 0. The molecule has 0 bridgehead atoms. The fourth-order valence-corrected chi connectivity index (χ4v) is 3.23. The fraction of sp³-hybridized carbons (Fsp3) is 0.300. The zero-order chi connectivity index (χ0) is 14.5. The Kier molecular flexibility index (Phi) is 4.40. The van der Waals surface area contributed by atoms with E-state index in [0.717, 1.165) is 5.56 Å². The lowest BCUT2D eigenvalue weighted by molar-refractivity contribution is 0.430. The molecule has 1 N–H and O–H groups in total. The van der Waals surface area contributed by atoms with E-state index >= 15 is 0 Å². The van der Waals surface area contributed by atoms with Crippen LogP contribution < -0.4 is 0 Å².